The third kappa shape index (κ3) is 5.39. The van der Waals surface area contributed by atoms with Crippen molar-refractivity contribution in [3.05, 3.63) is 70.8 Å². The average Bonchev–Trinajstić information content (AvgIpc) is 2.64. The Morgan fingerprint density at radius 3 is 2.04 bits per heavy atom. The van der Waals surface area contributed by atoms with Gasteiger partial charge in [0.1, 0.15) is 6.04 Å². The SMILES string of the molecule is COC(=O)NC(C(=O)OC(=O)C(N)c1cccc(C)c1)c1cccc(C)c1. The van der Waals surface area contributed by atoms with Crippen LogP contribution in [-0.4, -0.2) is 25.1 Å². The Labute approximate surface area is 157 Å². The van der Waals surface area contributed by atoms with Gasteiger partial charge in [-0.15, -0.1) is 0 Å². The molecule has 2 aromatic carbocycles. The highest BCUT2D eigenvalue weighted by molar-refractivity contribution is 5.93. The summed E-state index contributed by atoms with van der Waals surface area (Å²) in [5, 5.41) is 2.37. The molecule has 0 saturated heterocycles. The number of nitrogens with two attached hydrogens (primary N) is 1. The molecule has 2 rings (SSSR count). The summed E-state index contributed by atoms with van der Waals surface area (Å²) in [7, 11) is 1.17. The second-order valence-electron chi connectivity index (χ2n) is 6.12. The first-order chi connectivity index (χ1) is 12.8. The van der Waals surface area contributed by atoms with Crippen LogP contribution in [0.4, 0.5) is 4.79 Å². The molecule has 3 N–H and O–H groups in total. The zero-order chi connectivity index (χ0) is 20.0. The summed E-state index contributed by atoms with van der Waals surface area (Å²) in [6.45, 7) is 3.70. The molecule has 0 aliphatic heterocycles. The van der Waals surface area contributed by atoms with E-state index in [-0.39, 0.29) is 0 Å². The van der Waals surface area contributed by atoms with E-state index in [4.69, 9.17) is 10.5 Å². The fraction of sp³-hybridized carbons (Fsp3) is 0.250. The maximum absolute atomic E-state index is 12.6. The number of carbonyl (C=O) groups excluding carboxylic acids is 3. The van der Waals surface area contributed by atoms with Gasteiger partial charge in [0.15, 0.2) is 6.04 Å². The van der Waals surface area contributed by atoms with Crippen LogP contribution in [0.1, 0.15) is 34.3 Å². The minimum absolute atomic E-state index is 0.460. The largest absolute Gasteiger partial charge is 0.453 e. The number of rotatable bonds is 5. The molecule has 0 spiro atoms. The topological polar surface area (TPSA) is 108 Å². The number of hydrogen-bond acceptors (Lipinski definition) is 6. The molecule has 2 unspecified atom stereocenters. The highest BCUT2D eigenvalue weighted by Crippen LogP contribution is 2.19. The Hall–Kier alpha value is -3.19. The molecule has 0 aromatic heterocycles. The Morgan fingerprint density at radius 1 is 0.926 bits per heavy atom. The lowest BCUT2D eigenvalue weighted by Crippen LogP contribution is -2.37. The molecular weight excluding hydrogens is 348 g/mol. The van der Waals surface area contributed by atoms with Crippen LogP contribution >= 0.6 is 0 Å². The molecule has 2 atom stereocenters. The van der Waals surface area contributed by atoms with Crippen LogP contribution in [0, 0.1) is 13.8 Å². The minimum atomic E-state index is -1.20. The molecule has 27 heavy (non-hydrogen) atoms. The molecule has 0 saturated carbocycles. The first kappa shape index (κ1) is 20.1. The molecule has 142 valence electrons. The summed E-state index contributed by atoms with van der Waals surface area (Å²) in [6.07, 6.45) is -0.825. The van der Waals surface area contributed by atoms with E-state index in [1.165, 1.54) is 7.11 Å². The van der Waals surface area contributed by atoms with Gasteiger partial charge in [-0.3, -0.25) is 0 Å². The second kappa shape index (κ2) is 8.95. The van der Waals surface area contributed by atoms with Crippen LogP contribution in [0.15, 0.2) is 48.5 Å². The summed E-state index contributed by atoms with van der Waals surface area (Å²) in [6, 6.07) is 11.6. The van der Waals surface area contributed by atoms with Crippen molar-refractivity contribution in [1.29, 1.82) is 0 Å². The average molecular weight is 370 g/mol. The lowest BCUT2D eigenvalue weighted by molar-refractivity contribution is -0.162. The zero-order valence-corrected chi connectivity index (χ0v) is 15.4. The van der Waals surface area contributed by atoms with E-state index in [0.29, 0.717) is 11.1 Å². The van der Waals surface area contributed by atoms with Gasteiger partial charge in [-0.2, -0.15) is 0 Å². The van der Waals surface area contributed by atoms with E-state index in [2.05, 4.69) is 10.1 Å². The summed E-state index contributed by atoms with van der Waals surface area (Å²) >= 11 is 0. The number of ether oxygens (including phenoxy) is 2. The number of hydrogen-bond donors (Lipinski definition) is 2. The quantitative estimate of drug-likeness (QED) is 0.618. The maximum Gasteiger partial charge on any atom is 0.407 e. The van der Waals surface area contributed by atoms with Gasteiger partial charge in [-0.1, -0.05) is 59.7 Å². The molecular formula is C20H22N2O5. The van der Waals surface area contributed by atoms with E-state index in [1.807, 2.05) is 26.0 Å². The molecule has 0 radical (unpaired) electrons. The smallest absolute Gasteiger partial charge is 0.407 e. The van der Waals surface area contributed by atoms with Crippen molar-refractivity contribution >= 4 is 18.0 Å². The Kier molecular flexibility index (Phi) is 6.67. The lowest BCUT2D eigenvalue weighted by Gasteiger charge is -2.18. The molecule has 0 bridgehead atoms. The van der Waals surface area contributed by atoms with Crippen molar-refractivity contribution in [2.45, 2.75) is 25.9 Å². The fourth-order valence-corrected chi connectivity index (χ4v) is 2.53. The number of benzene rings is 2. The van der Waals surface area contributed by atoms with Crippen LogP contribution in [0.5, 0.6) is 0 Å². The Balaban J connectivity index is 2.19. The summed E-state index contributed by atoms with van der Waals surface area (Å²) < 4.78 is 9.49. The number of amides is 1. The molecule has 0 fully saturated rings. The van der Waals surface area contributed by atoms with Gasteiger partial charge in [0, 0.05) is 0 Å². The summed E-state index contributed by atoms with van der Waals surface area (Å²) in [5.41, 5.74) is 8.69. The fourth-order valence-electron chi connectivity index (χ4n) is 2.53. The number of alkyl carbamates (subject to hydrolysis) is 1. The molecule has 2 aromatic rings. The van der Waals surface area contributed by atoms with E-state index in [9.17, 15) is 14.4 Å². The molecule has 0 aliphatic carbocycles. The molecule has 7 heteroatoms. The predicted octanol–water partition coefficient (Wildman–Crippen LogP) is 2.47. The second-order valence-corrected chi connectivity index (χ2v) is 6.12. The van der Waals surface area contributed by atoms with Crippen molar-refractivity contribution in [2.24, 2.45) is 5.73 Å². The van der Waals surface area contributed by atoms with Crippen LogP contribution in [0.3, 0.4) is 0 Å². The van der Waals surface area contributed by atoms with E-state index in [1.54, 1.807) is 36.4 Å². The Morgan fingerprint density at radius 2 is 1.48 bits per heavy atom. The minimum Gasteiger partial charge on any atom is -0.453 e. The third-order valence-electron chi connectivity index (χ3n) is 3.92. The van der Waals surface area contributed by atoms with Crippen LogP contribution in [0.2, 0.25) is 0 Å². The van der Waals surface area contributed by atoms with Crippen molar-refractivity contribution in [3.8, 4) is 0 Å². The van der Waals surface area contributed by atoms with Crippen LogP contribution < -0.4 is 11.1 Å². The number of carbonyl (C=O) groups is 3. The molecule has 7 nitrogen and oxygen atoms in total. The van der Waals surface area contributed by atoms with Crippen molar-refractivity contribution in [2.75, 3.05) is 7.11 Å². The van der Waals surface area contributed by atoms with Gasteiger partial charge in [0.25, 0.3) is 0 Å². The van der Waals surface area contributed by atoms with Crippen LogP contribution in [-0.2, 0) is 19.1 Å². The normalized spacial score (nSPS) is 12.6. The van der Waals surface area contributed by atoms with Crippen molar-refractivity contribution in [3.63, 3.8) is 0 Å². The summed E-state index contributed by atoms with van der Waals surface area (Å²) in [5.74, 6) is -1.85. The van der Waals surface area contributed by atoms with E-state index < -0.39 is 30.1 Å². The maximum atomic E-state index is 12.6. The van der Waals surface area contributed by atoms with Gasteiger partial charge in [0.2, 0.25) is 0 Å². The third-order valence-corrected chi connectivity index (χ3v) is 3.92. The van der Waals surface area contributed by atoms with Crippen LogP contribution in [0.25, 0.3) is 0 Å². The Bertz CT molecular complexity index is 850. The predicted molar refractivity (Wildman–Crippen MR) is 98.7 cm³/mol. The number of methoxy groups -OCH3 is 1. The number of aryl methyl sites for hydroxylation is 2. The molecule has 0 aliphatic rings. The zero-order valence-electron chi connectivity index (χ0n) is 15.4. The molecule has 1 amide bonds. The summed E-state index contributed by atoms with van der Waals surface area (Å²) in [4.78, 5) is 36.5. The highest BCUT2D eigenvalue weighted by Gasteiger charge is 2.29. The van der Waals surface area contributed by atoms with Crippen molar-refractivity contribution in [1.82, 2.24) is 5.32 Å². The number of nitrogens with one attached hydrogen (secondary N) is 1. The highest BCUT2D eigenvalue weighted by atomic mass is 16.6. The van der Waals surface area contributed by atoms with Gasteiger partial charge >= 0.3 is 18.0 Å². The number of esters is 2. The first-order valence-corrected chi connectivity index (χ1v) is 8.30. The van der Waals surface area contributed by atoms with E-state index in [0.717, 1.165) is 11.1 Å². The van der Waals surface area contributed by atoms with Crippen molar-refractivity contribution < 1.29 is 23.9 Å². The standard InChI is InChI=1S/C20H22N2O5/c1-12-6-4-8-14(10-12)16(21)18(23)27-19(24)17(22-20(25)26-3)15-9-5-7-13(2)11-15/h4-11,16-17H,21H2,1-3H3,(H,22,25). The monoisotopic (exact) mass is 370 g/mol. The van der Waals surface area contributed by atoms with Gasteiger partial charge in [0.05, 0.1) is 7.11 Å². The lowest BCUT2D eigenvalue weighted by atomic mass is 10.0. The van der Waals surface area contributed by atoms with Gasteiger partial charge < -0.3 is 20.5 Å². The first-order valence-electron chi connectivity index (χ1n) is 8.30. The molecule has 0 heterocycles. The van der Waals surface area contributed by atoms with Gasteiger partial charge in [-0.05, 0) is 25.0 Å². The van der Waals surface area contributed by atoms with E-state index >= 15 is 0 Å². The van der Waals surface area contributed by atoms with Gasteiger partial charge in [-0.25, -0.2) is 14.4 Å².